The lowest BCUT2D eigenvalue weighted by Gasteiger charge is -2.13. The molecule has 1 rings (SSSR count). The highest BCUT2D eigenvalue weighted by Crippen LogP contribution is 2.09. The number of esters is 1. The van der Waals surface area contributed by atoms with Gasteiger partial charge in [-0.1, -0.05) is 0 Å². The van der Waals surface area contributed by atoms with Gasteiger partial charge < -0.3 is 24.4 Å². The summed E-state index contributed by atoms with van der Waals surface area (Å²) in [6.45, 7) is 1.25. The molecule has 21 heavy (non-hydrogen) atoms. The van der Waals surface area contributed by atoms with Crippen LogP contribution in [0.2, 0.25) is 0 Å². The number of aromatic nitrogens is 1. The molecule has 1 atom stereocenters. The molecule has 0 aromatic carbocycles. The van der Waals surface area contributed by atoms with E-state index in [1.54, 1.807) is 6.92 Å². The van der Waals surface area contributed by atoms with E-state index in [4.69, 9.17) is 14.4 Å². The van der Waals surface area contributed by atoms with Crippen molar-refractivity contribution in [1.29, 1.82) is 0 Å². The van der Waals surface area contributed by atoms with Crippen LogP contribution in [-0.2, 0) is 19.1 Å². The number of aliphatic carboxylic acids is 1. The first-order valence-electron chi connectivity index (χ1n) is 6.07. The van der Waals surface area contributed by atoms with E-state index in [9.17, 15) is 14.4 Å². The number of amides is 1. The van der Waals surface area contributed by atoms with Crippen LogP contribution in [-0.4, -0.2) is 47.9 Å². The Morgan fingerprint density at radius 2 is 2.19 bits per heavy atom. The molecule has 2 N–H and O–H groups in total. The molecule has 0 saturated carbocycles. The van der Waals surface area contributed by atoms with Crippen molar-refractivity contribution >= 4 is 17.8 Å². The summed E-state index contributed by atoms with van der Waals surface area (Å²) in [4.78, 5) is 33.5. The Morgan fingerprint density at radius 3 is 2.71 bits per heavy atom. The average molecular weight is 300 g/mol. The second-order valence-electron chi connectivity index (χ2n) is 4.14. The van der Waals surface area contributed by atoms with E-state index in [0.717, 1.165) is 0 Å². The second-order valence-corrected chi connectivity index (χ2v) is 4.14. The molecule has 1 amide bonds. The maximum Gasteiger partial charge on any atom is 0.326 e. The van der Waals surface area contributed by atoms with Crippen molar-refractivity contribution in [2.45, 2.75) is 25.8 Å². The number of carbonyl (C=O) groups is 3. The first-order valence-corrected chi connectivity index (χ1v) is 6.07. The maximum absolute atomic E-state index is 11.6. The van der Waals surface area contributed by atoms with E-state index < -0.39 is 30.5 Å². The first kappa shape index (κ1) is 16.5. The van der Waals surface area contributed by atoms with Crippen LogP contribution in [0, 0.1) is 6.92 Å². The van der Waals surface area contributed by atoms with Gasteiger partial charge in [-0.05, 0) is 18.5 Å². The molecule has 0 aliphatic heterocycles. The summed E-state index contributed by atoms with van der Waals surface area (Å²) >= 11 is 0. The largest absolute Gasteiger partial charge is 0.480 e. The summed E-state index contributed by atoms with van der Waals surface area (Å²) in [6, 6.07) is 0.290. The van der Waals surface area contributed by atoms with Crippen molar-refractivity contribution in [3.63, 3.8) is 0 Å². The maximum atomic E-state index is 11.6. The fourth-order valence-electron chi connectivity index (χ4n) is 1.41. The number of hydrogen-bond donors (Lipinski definition) is 2. The topological polar surface area (TPSA) is 128 Å². The third-order valence-corrected chi connectivity index (χ3v) is 2.46. The van der Waals surface area contributed by atoms with Gasteiger partial charge in [0.15, 0.2) is 6.61 Å². The Morgan fingerprint density at radius 1 is 1.48 bits per heavy atom. The third-order valence-electron chi connectivity index (χ3n) is 2.46. The number of nitrogens with one attached hydrogen (secondary N) is 1. The molecule has 0 saturated heterocycles. The number of hydrogen-bond acceptors (Lipinski definition) is 7. The van der Waals surface area contributed by atoms with Gasteiger partial charge in [0.05, 0.1) is 7.11 Å². The van der Waals surface area contributed by atoms with Gasteiger partial charge in [0, 0.05) is 12.5 Å². The molecule has 0 radical (unpaired) electrons. The minimum Gasteiger partial charge on any atom is -0.480 e. The fraction of sp³-hybridized carbons (Fsp3) is 0.500. The summed E-state index contributed by atoms with van der Waals surface area (Å²) in [5.74, 6) is -1.79. The Kier molecular flexibility index (Phi) is 6.18. The monoisotopic (exact) mass is 300 g/mol. The number of rotatable bonds is 8. The fourth-order valence-corrected chi connectivity index (χ4v) is 1.41. The van der Waals surface area contributed by atoms with Crippen LogP contribution >= 0.6 is 0 Å². The second kappa shape index (κ2) is 7.88. The third kappa shape index (κ3) is 5.93. The minimum absolute atomic E-state index is 0.0726. The van der Waals surface area contributed by atoms with E-state index in [1.165, 1.54) is 13.2 Å². The molecular weight excluding hydrogens is 284 g/mol. The van der Waals surface area contributed by atoms with Crippen LogP contribution in [0.4, 0.5) is 0 Å². The molecule has 9 heteroatoms. The van der Waals surface area contributed by atoms with Gasteiger partial charge in [0.2, 0.25) is 0 Å². The predicted octanol–water partition coefficient (Wildman–Crippen LogP) is -0.116. The van der Waals surface area contributed by atoms with E-state index in [0.29, 0.717) is 5.76 Å². The van der Waals surface area contributed by atoms with E-state index >= 15 is 0 Å². The highest BCUT2D eigenvalue weighted by atomic mass is 16.5. The zero-order valence-electron chi connectivity index (χ0n) is 11.6. The number of carbonyl (C=O) groups excluding carboxylic acids is 2. The smallest absolute Gasteiger partial charge is 0.326 e. The number of nitrogens with zero attached hydrogens (tertiary/aromatic N) is 1. The first-order chi connectivity index (χ1) is 9.92. The van der Waals surface area contributed by atoms with Crippen LogP contribution in [0.25, 0.3) is 0 Å². The van der Waals surface area contributed by atoms with Gasteiger partial charge in [-0.15, -0.1) is 0 Å². The SMILES string of the molecule is COC(=O)CCC(NC(=O)COc1cc(C)on1)C(=O)O. The molecular formula is C12H16N2O7. The van der Waals surface area contributed by atoms with Gasteiger partial charge in [-0.25, -0.2) is 4.79 Å². The molecule has 1 heterocycles. The average Bonchev–Trinajstić information content (AvgIpc) is 2.86. The summed E-state index contributed by atoms with van der Waals surface area (Å²) in [5.41, 5.74) is 0. The lowest BCUT2D eigenvalue weighted by Crippen LogP contribution is -2.43. The van der Waals surface area contributed by atoms with Gasteiger partial charge in [-0.3, -0.25) is 9.59 Å². The van der Waals surface area contributed by atoms with Crippen LogP contribution in [0.5, 0.6) is 5.88 Å². The van der Waals surface area contributed by atoms with E-state index in [1.807, 2.05) is 0 Å². The van der Waals surface area contributed by atoms with Crippen molar-refractivity contribution < 1.29 is 33.5 Å². The molecule has 1 aromatic heterocycles. The van der Waals surface area contributed by atoms with Gasteiger partial charge in [0.1, 0.15) is 11.8 Å². The molecule has 0 spiro atoms. The Balaban J connectivity index is 2.41. The Bertz CT molecular complexity index is 511. The van der Waals surface area contributed by atoms with E-state index in [-0.39, 0.29) is 18.7 Å². The molecule has 116 valence electrons. The summed E-state index contributed by atoms with van der Waals surface area (Å²) < 4.78 is 14.2. The van der Waals surface area contributed by atoms with Gasteiger partial charge in [0.25, 0.3) is 11.8 Å². The summed E-state index contributed by atoms with van der Waals surface area (Å²) in [5, 5.41) is 14.7. The standard InChI is InChI=1S/C12H16N2O7/c1-7-5-10(14-21-7)20-6-9(15)13-8(12(17)18)3-4-11(16)19-2/h5,8H,3-4,6H2,1-2H3,(H,13,15)(H,17,18). The highest BCUT2D eigenvalue weighted by Gasteiger charge is 2.21. The zero-order chi connectivity index (χ0) is 15.8. The number of aryl methyl sites for hydroxylation is 1. The molecule has 0 aliphatic carbocycles. The normalized spacial score (nSPS) is 11.5. The quantitative estimate of drug-likeness (QED) is 0.636. The lowest BCUT2D eigenvalue weighted by atomic mass is 10.1. The van der Waals surface area contributed by atoms with Crippen molar-refractivity contribution in [3.05, 3.63) is 11.8 Å². The summed E-state index contributed by atoms with van der Waals surface area (Å²) in [7, 11) is 1.20. The number of methoxy groups -OCH3 is 1. The Hall–Kier alpha value is -2.58. The summed E-state index contributed by atoms with van der Waals surface area (Å²) in [6.07, 6.45) is -0.187. The van der Waals surface area contributed by atoms with Crippen LogP contribution in [0.3, 0.4) is 0 Å². The predicted molar refractivity (Wildman–Crippen MR) is 67.6 cm³/mol. The molecule has 1 aromatic rings. The lowest BCUT2D eigenvalue weighted by molar-refractivity contribution is -0.144. The van der Waals surface area contributed by atoms with Crippen LogP contribution in [0.15, 0.2) is 10.6 Å². The Labute approximate surface area is 120 Å². The van der Waals surface area contributed by atoms with E-state index in [2.05, 4.69) is 15.2 Å². The van der Waals surface area contributed by atoms with Crippen molar-refractivity contribution in [2.24, 2.45) is 0 Å². The molecule has 0 fully saturated rings. The number of carboxylic acids is 1. The molecule has 1 unspecified atom stereocenters. The highest BCUT2D eigenvalue weighted by molar-refractivity contribution is 5.84. The van der Waals surface area contributed by atoms with Crippen LogP contribution in [0.1, 0.15) is 18.6 Å². The van der Waals surface area contributed by atoms with Gasteiger partial charge >= 0.3 is 11.9 Å². The number of ether oxygens (including phenoxy) is 2. The van der Waals surface area contributed by atoms with Crippen molar-refractivity contribution in [3.8, 4) is 5.88 Å². The van der Waals surface area contributed by atoms with Crippen LogP contribution < -0.4 is 10.1 Å². The minimum atomic E-state index is -1.25. The van der Waals surface area contributed by atoms with Gasteiger partial charge in [-0.2, -0.15) is 0 Å². The number of carboxylic acid groups (broad SMARTS) is 1. The van der Waals surface area contributed by atoms with Crippen molar-refractivity contribution in [1.82, 2.24) is 10.5 Å². The molecule has 0 bridgehead atoms. The molecule has 0 aliphatic rings. The zero-order valence-corrected chi connectivity index (χ0v) is 11.6. The van der Waals surface area contributed by atoms with Crippen molar-refractivity contribution in [2.75, 3.05) is 13.7 Å². The molecule has 9 nitrogen and oxygen atoms in total.